The Bertz CT molecular complexity index is 143. The van der Waals surface area contributed by atoms with Gasteiger partial charge in [-0.3, -0.25) is 0 Å². The molecular formula is C9H21N3. The van der Waals surface area contributed by atoms with Crippen LogP contribution in [0.5, 0.6) is 0 Å². The molecule has 0 unspecified atom stereocenters. The van der Waals surface area contributed by atoms with Crippen LogP contribution in [0.1, 0.15) is 27.7 Å². The molecule has 12 heavy (non-hydrogen) atoms. The van der Waals surface area contributed by atoms with Gasteiger partial charge in [0.2, 0.25) is 0 Å². The van der Waals surface area contributed by atoms with E-state index in [9.17, 15) is 0 Å². The fraction of sp³-hybridized carbons (Fsp3) is 0.778. The van der Waals surface area contributed by atoms with Crippen LogP contribution in [0.25, 0.3) is 0 Å². The van der Waals surface area contributed by atoms with E-state index in [1.807, 2.05) is 19.0 Å². The largest absolute Gasteiger partial charge is 0.303 e. The smallest absolute Gasteiger partial charge is 0.0241 e. The van der Waals surface area contributed by atoms with E-state index in [1.165, 1.54) is 0 Å². The molecule has 0 radical (unpaired) electrons. The minimum Gasteiger partial charge on any atom is -0.303 e. The molecule has 1 N–H and O–H groups in total. The van der Waals surface area contributed by atoms with E-state index >= 15 is 0 Å². The normalized spacial score (nSPS) is 10.9. The molecule has 0 aliphatic carbocycles. The van der Waals surface area contributed by atoms with Crippen LogP contribution in [0, 0.1) is 0 Å². The monoisotopic (exact) mass is 171 g/mol. The second-order valence-electron chi connectivity index (χ2n) is 3.27. The Hall–Kier alpha value is -0.540. The highest BCUT2D eigenvalue weighted by Gasteiger charge is 2.07. The number of hydrazine groups is 2. The third kappa shape index (κ3) is 3.74. The van der Waals surface area contributed by atoms with Gasteiger partial charge in [-0.25, -0.2) is 5.01 Å². The van der Waals surface area contributed by atoms with Gasteiger partial charge in [-0.05, 0) is 20.8 Å². The standard InChI is InChI=1S/C9H21N3/c1-7-12(9(4)5)10-11(6)8(2)3/h9-10H,2,7H2,1,3-6H3. The summed E-state index contributed by atoms with van der Waals surface area (Å²) in [7, 11) is 1.97. The SMILES string of the molecule is C=C(C)N(C)NN(CC)C(C)C. The van der Waals surface area contributed by atoms with E-state index in [4.69, 9.17) is 0 Å². The van der Waals surface area contributed by atoms with Crippen molar-refractivity contribution in [1.82, 2.24) is 15.6 Å². The van der Waals surface area contributed by atoms with Gasteiger partial charge in [0, 0.05) is 25.3 Å². The summed E-state index contributed by atoms with van der Waals surface area (Å²) in [5, 5.41) is 4.07. The van der Waals surface area contributed by atoms with E-state index < -0.39 is 0 Å². The average Bonchev–Trinajstić information content (AvgIpc) is 1.98. The summed E-state index contributed by atoms with van der Waals surface area (Å²) < 4.78 is 0. The van der Waals surface area contributed by atoms with Crippen LogP contribution in [-0.2, 0) is 0 Å². The van der Waals surface area contributed by atoms with Gasteiger partial charge in [0.25, 0.3) is 0 Å². The first-order chi connectivity index (χ1) is 5.49. The highest BCUT2D eigenvalue weighted by molar-refractivity contribution is 4.83. The van der Waals surface area contributed by atoms with Crippen molar-refractivity contribution < 1.29 is 0 Å². The lowest BCUT2D eigenvalue weighted by molar-refractivity contribution is 0.0443. The number of allylic oxidation sites excluding steroid dienone is 1. The van der Waals surface area contributed by atoms with Crippen molar-refractivity contribution >= 4 is 0 Å². The zero-order chi connectivity index (χ0) is 9.72. The van der Waals surface area contributed by atoms with Gasteiger partial charge in [0.15, 0.2) is 0 Å². The van der Waals surface area contributed by atoms with Crippen molar-refractivity contribution in [2.45, 2.75) is 33.7 Å². The summed E-state index contributed by atoms with van der Waals surface area (Å²) in [4.78, 5) is 0. The molecule has 0 amide bonds. The molecule has 0 spiro atoms. The first kappa shape index (κ1) is 11.5. The molecule has 0 atom stereocenters. The van der Waals surface area contributed by atoms with Crippen molar-refractivity contribution in [1.29, 1.82) is 0 Å². The van der Waals surface area contributed by atoms with Crippen LogP contribution >= 0.6 is 0 Å². The highest BCUT2D eigenvalue weighted by Crippen LogP contribution is 1.97. The Labute approximate surface area is 76.0 Å². The topological polar surface area (TPSA) is 18.5 Å². The van der Waals surface area contributed by atoms with Gasteiger partial charge in [0.1, 0.15) is 0 Å². The van der Waals surface area contributed by atoms with Crippen LogP contribution in [-0.4, -0.2) is 29.7 Å². The van der Waals surface area contributed by atoms with E-state index in [2.05, 4.69) is 37.9 Å². The van der Waals surface area contributed by atoms with Gasteiger partial charge in [0.05, 0.1) is 0 Å². The lowest BCUT2D eigenvalue weighted by atomic mass is 10.4. The first-order valence-electron chi connectivity index (χ1n) is 4.41. The van der Waals surface area contributed by atoms with E-state index in [-0.39, 0.29) is 0 Å². The van der Waals surface area contributed by atoms with Crippen molar-refractivity contribution in [3.63, 3.8) is 0 Å². The number of nitrogens with zero attached hydrogens (tertiary/aromatic N) is 2. The fourth-order valence-electron chi connectivity index (χ4n) is 0.829. The zero-order valence-corrected chi connectivity index (χ0v) is 8.89. The molecule has 0 saturated heterocycles. The van der Waals surface area contributed by atoms with Crippen molar-refractivity contribution in [3.8, 4) is 0 Å². The molecule has 72 valence electrons. The second-order valence-corrected chi connectivity index (χ2v) is 3.27. The number of nitrogens with one attached hydrogen (secondary N) is 1. The van der Waals surface area contributed by atoms with Crippen LogP contribution in [0.4, 0.5) is 0 Å². The quantitative estimate of drug-likeness (QED) is 0.634. The first-order valence-corrected chi connectivity index (χ1v) is 4.41. The molecular weight excluding hydrogens is 150 g/mol. The molecule has 0 aromatic heterocycles. The maximum Gasteiger partial charge on any atom is 0.0241 e. The van der Waals surface area contributed by atoms with E-state index in [1.54, 1.807) is 0 Å². The van der Waals surface area contributed by atoms with E-state index in [0.717, 1.165) is 12.2 Å². The second kappa shape index (κ2) is 5.17. The summed E-state index contributed by atoms with van der Waals surface area (Å²) in [6.45, 7) is 13.2. The molecule has 0 fully saturated rings. The predicted octanol–water partition coefficient (Wildman–Crippen LogP) is 1.60. The molecule has 0 heterocycles. The van der Waals surface area contributed by atoms with Gasteiger partial charge < -0.3 is 5.01 Å². The third-order valence-corrected chi connectivity index (χ3v) is 1.82. The average molecular weight is 171 g/mol. The van der Waals surface area contributed by atoms with Crippen LogP contribution in [0.2, 0.25) is 0 Å². The Morgan fingerprint density at radius 1 is 1.50 bits per heavy atom. The van der Waals surface area contributed by atoms with Gasteiger partial charge in [-0.2, -0.15) is 5.53 Å². The molecule has 0 aliphatic rings. The Balaban J connectivity index is 3.93. The molecule has 0 aliphatic heterocycles. The zero-order valence-electron chi connectivity index (χ0n) is 8.89. The van der Waals surface area contributed by atoms with Crippen molar-refractivity contribution in [2.24, 2.45) is 0 Å². The van der Waals surface area contributed by atoms with E-state index in [0.29, 0.717) is 6.04 Å². The molecule has 0 rings (SSSR count). The van der Waals surface area contributed by atoms with Gasteiger partial charge >= 0.3 is 0 Å². The Kier molecular flexibility index (Phi) is 4.93. The number of hydrogen-bond acceptors (Lipinski definition) is 3. The molecule has 0 saturated carbocycles. The van der Waals surface area contributed by atoms with Crippen LogP contribution < -0.4 is 5.53 Å². The number of hydrogen-bond donors (Lipinski definition) is 1. The maximum absolute atomic E-state index is 3.84. The Morgan fingerprint density at radius 3 is 2.25 bits per heavy atom. The molecule has 0 aromatic rings. The third-order valence-electron chi connectivity index (χ3n) is 1.82. The van der Waals surface area contributed by atoms with Crippen LogP contribution in [0.3, 0.4) is 0 Å². The fourth-order valence-corrected chi connectivity index (χ4v) is 0.829. The maximum atomic E-state index is 3.84. The summed E-state index contributed by atoms with van der Waals surface area (Å²) in [6.07, 6.45) is 0. The minimum absolute atomic E-state index is 0.497. The van der Waals surface area contributed by atoms with Gasteiger partial charge in [-0.15, -0.1) is 0 Å². The summed E-state index contributed by atoms with van der Waals surface area (Å²) in [5.41, 5.74) is 4.24. The molecule has 3 heteroatoms. The molecule has 3 nitrogen and oxygen atoms in total. The molecule has 0 bridgehead atoms. The lowest BCUT2D eigenvalue weighted by Gasteiger charge is -2.32. The van der Waals surface area contributed by atoms with Crippen molar-refractivity contribution in [3.05, 3.63) is 12.3 Å². The Morgan fingerprint density at radius 2 is 2.00 bits per heavy atom. The van der Waals surface area contributed by atoms with Crippen molar-refractivity contribution in [2.75, 3.05) is 13.6 Å². The van der Waals surface area contributed by atoms with Crippen LogP contribution in [0.15, 0.2) is 12.3 Å². The highest BCUT2D eigenvalue weighted by atomic mass is 15.7. The summed E-state index contributed by atoms with van der Waals surface area (Å²) in [6, 6.07) is 0.497. The summed E-state index contributed by atoms with van der Waals surface area (Å²) in [5.74, 6) is 0. The minimum atomic E-state index is 0.497. The van der Waals surface area contributed by atoms with Gasteiger partial charge in [-0.1, -0.05) is 13.5 Å². The number of rotatable bonds is 5. The predicted molar refractivity (Wildman–Crippen MR) is 53.2 cm³/mol. The summed E-state index contributed by atoms with van der Waals surface area (Å²) >= 11 is 0. The molecule has 0 aromatic carbocycles. The lowest BCUT2D eigenvalue weighted by Crippen LogP contribution is -2.50.